The van der Waals surface area contributed by atoms with Crippen molar-refractivity contribution in [1.29, 1.82) is 0 Å². The summed E-state index contributed by atoms with van der Waals surface area (Å²) in [4.78, 5) is 3.99. The van der Waals surface area contributed by atoms with Gasteiger partial charge in [-0.2, -0.15) is 0 Å². The summed E-state index contributed by atoms with van der Waals surface area (Å²) in [6.45, 7) is 0. The van der Waals surface area contributed by atoms with Crippen LogP contribution in [0, 0.1) is 24.7 Å². The van der Waals surface area contributed by atoms with E-state index < -0.39 is 15.9 Å². The lowest BCUT2D eigenvalue weighted by atomic mass is 9.76. The number of halogens is 2. The van der Waals surface area contributed by atoms with E-state index in [0.717, 1.165) is 0 Å². The van der Waals surface area contributed by atoms with Gasteiger partial charge >= 0.3 is 0 Å². The summed E-state index contributed by atoms with van der Waals surface area (Å²) in [6.07, 6.45) is 14.1. The highest BCUT2D eigenvalue weighted by Gasteiger charge is 2.49. The summed E-state index contributed by atoms with van der Waals surface area (Å²) in [5.74, 6) is 3.76. The minimum Gasteiger partial charge on any atom is -0.372 e. The van der Waals surface area contributed by atoms with Gasteiger partial charge in [-0.1, -0.05) is 71.4 Å². The van der Waals surface area contributed by atoms with Gasteiger partial charge in [0.05, 0.1) is 5.92 Å². The van der Waals surface area contributed by atoms with Crippen LogP contribution in [-0.4, -0.2) is 14.4 Å². The van der Waals surface area contributed by atoms with Crippen molar-refractivity contribution < 1.29 is 5.11 Å². The quantitative estimate of drug-likeness (QED) is 0.688. The van der Waals surface area contributed by atoms with E-state index in [9.17, 15) is 5.11 Å². The predicted octanol–water partition coefficient (Wildman–Crippen LogP) is 3.49. The second-order valence-electron chi connectivity index (χ2n) is 4.76. The average Bonchev–Trinajstić information content (AvgIpc) is 2.56. The summed E-state index contributed by atoms with van der Waals surface area (Å²) in [6, 6.07) is 12.3. The highest BCUT2D eigenvalue weighted by molar-refractivity contribution is 6.51. The van der Waals surface area contributed by atoms with E-state index in [2.05, 4.69) is 16.8 Å². The van der Waals surface area contributed by atoms with Crippen LogP contribution in [0.3, 0.4) is 0 Å². The molecule has 0 amide bonds. The van der Waals surface area contributed by atoms with Crippen LogP contribution in [0.2, 0.25) is 0 Å². The van der Waals surface area contributed by atoms with Crippen LogP contribution in [-0.2, 0) is 5.60 Å². The zero-order chi connectivity index (χ0) is 16.2. The number of aromatic nitrogens is 1. The summed E-state index contributed by atoms with van der Waals surface area (Å²) in [5.41, 5.74) is -0.770. The minimum absolute atomic E-state index is 0.396. The van der Waals surface area contributed by atoms with Gasteiger partial charge < -0.3 is 5.11 Å². The van der Waals surface area contributed by atoms with Crippen molar-refractivity contribution >= 4 is 23.2 Å². The molecule has 4 heteroatoms. The summed E-state index contributed by atoms with van der Waals surface area (Å²) in [7, 11) is 0. The van der Waals surface area contributed by atoms with Gasteiger partial charge in [0.2, 0.25) is 0 Å². The molecule has 2 unspecified atom stereocenters. The zero-order valence-electron chi connectivity index (χ0n) is 11.6. The summed E-state index contributed by atoms with van der Waals surface area (Å²) < 4.78 is -1.70. The molecule has 2 aromatic rings. The number of hydrogen-bond donors (Lipinski definition) is 1. The third kappa shape index (κ3) is 2.96. The molecular weight excluding hydrogens is 317 g/mol. The molecule has 2 atom stereocenters. The summed E-state index contributed by atoms with van der Waals surface area (Å²) in [5, 5.41) is 11.1. The Morgan fingerprint density at radius 1 is 1.05 bits per heavy atom. The fourth-order valence-corrected chi connectivity index (χ4v) is 2.93. The van der Waals surface area contributed by atoms with E-state index in [4.69, 9.17) is 36.0 Å². The first-order valence-corrected chi connectivity index (χ1v) is 7.22. The van der Waals surface area contributed by atoms with Crippen molar-refractivity contribution in [1.82, 2.24) is 4.98 Å². The Bertz CT molecular complexity index is 716. The van der Waals surface area contributed by atoms with Gasteiger partial charge in [-0.25, -0.2) is 0 Å². The molecule has 0 radical (unpaired) electrons. The average molecular weight is 330 g/mol. The number of nitrogens with zero attached hydrogens (tertiary/aromatic N) is 1. The number of alkyl halides is 2. The van der Waals surface area contributed by atoms with Crippen molar-refractivity contribution in [2.45, 2.75) is 15.9 Å². The molecule has 1 N–H and O–H groups in total. The molecular formula is C18H13Cl2NO. The Morgan fingerprint density at radius 3 is 2.23 bits per heavy atom. The van der Waals surface area contributed by atoms with Crippen molar-refractivity contribution in [3.8, 4) is 24.7 Å². The Labute approximate surface area is 140 Å². The fraction of sp³-hybridized carbons (Fsp3) is 0.167. The Morgan fingerprint density at radius 2 is 1.73 bits per heavy atom. The maximum Gasteiger partial charge on any atom is 0.188 e. The van der Waals surface area contributed by atoms with Crippen LogP contribution in [0.25, 0.3) is 0 Å². The molecule has 2 nitrogen and oxygen atoms in total. The third-order valence-corrected chi connectivity index (χ3v) is 4.08. The van der Waals surface area contributed by atoms with Crippen molar-refractivity contribution in [3.05, 3.63) is 66.0 Å². The van der Waals surface area contributed by atoms with Crippen molar-refractivity contribution in [2.24, 2.45) is 0 Å². The molecule has 0 aliphatic carbocycles. The number of terminal acetylenes is 2. The van der Waals surface area contributed by atoms with Gasteiger partial charge in [0.25, 0.3) is 0 Å². The Kier molecular flexibility index (Phi) is 4.79. The zero-order valence-corrected chi connectivity index (χ0v) is 13.1. The van der Waals surface area contributed by atoms with Crippen LogP contribution in [0.15, 0.2) is 54.9 Å². The van der Waals surface area contributed by atoms with E-state index >= 15 is 0 Å². The Hall–Kier alpha value is -1.97. The van der Waals surface area contributed by atoms with Crippen LogP contribution >= 0.6 is 23.2 Å². The fourth-order valence-electron chi connectivity index (χ4n) is 2.36. The van der Waals surface area contributed by atoms with Gasteiger partial charge in [-0.3, -0.25) is 4.98 Å². The molecule has 0 spiro atoms. The third-order valence-electron chi connectivity index (χ3n) is 3.43. The van der Waals surface area contributed by atoms with Crippen molar-refractivity contribution in [2.75, 3.05) is 0 Å². The molecule has 1 aromatic heterocycles. The minimum atomic E-state index is -1.80. The van der Waals surface area contributed by atoms with Crippen LogP contribution in [0.5, 0.6) is 0 Å². The predicted molar refractivity (Wildman–Crippen MR) is 89.4 cm³/mol. The second kappa shape index (κ2) is 6.42. The van der Waals surface area contributed by atoms with E-state index in [-0.39, 0.29) is 0 Å². The lowest BCUT2D eigenvalue weighted by molar-refractivity contribution is 0.0668. The first-order valence-electron chi connectivity index (χ1n) is 6.47. The first-order chi connectivity index (χ1) is 10.5. The second-order valence-corrected chi connectivity index (χ2v) is 6.15. The van der Waals surface area contributed by atoms with Gasteiger partial charge in [0.15, 0.2) is 9.93 Å². The van der Waals surface area contributed by atoms with E-state index in [1.165, 1.54) is 6.20 Å². The van der Waals surface area contributed by atoms with Crippen LogP contribution in [0.1, 0.15) is 17.0 Å². The molecule has 1 aromatic carbocycles. The largest absolute Gasteiger partial charge is 0.372 e. The lowest BCUT2D eigenvalue weighted by Gasteiger charge is -2.37. The molecule has 0 saturated carbocycles. The number of rotatable bonds is 4. The lowest BCUT2D eigenvalue weighted by Crippen LogP contribution is -2.41. The molecule has 0 fully saturated rings. The molecule has 0 aliphatic heterocycles. The molecule has 2 rings (SSSR count). The smallest absolute Gasteiger partial charge is 0.188 e. The Balaban J connectivity index is 2.68. The highest BCUT2D eigenvalue weighted by atomic mass is 35.5. The van der Waals surface area contributed by atoms with E-state index in [0.29, 0.717) is 11.1 Å². The van der Waals surface area contributed by atoms with E-state index in [1.807, 2.05) is 6.07 Å². The molecule has 0 saturated heterocycles. The van der Waals surface area contributed by atoms with Crippen LogP contribution in [0.4, 0.5) is 0 Å². The molecule has 22 heavy (non-hydrogen) atoms. The molecule has 0 bridgehead atoms. The standard InChI is InChI=1S/C18H13Cl2NO/c1-3-17(22,15-11-8-12-21-13-15)16(18(19,20)4-2)14-9-6-5-7-10-14/h1-2,5-13,16,22H. The normalized spacial score (nSPS) is 15.1. The monoisotopic (exact) mass is 329 g/mol. The van der Waals surface area contributed by atoms with Gasteiger partial charge in [0.1, 0.15) is 0 Å². The maximum atomic E-state index is 11.1. The molecule has 1 heterocycles. The topological polar surface area (TPSA) is 33.1 Å². The van der Waals surface area contributed by atoms with Crippen molar-refractivity contribution in [3.63, 3.8) is 0 Å². The first kappa shape index (κ1) is 16.4. The van der Waals surface area contributed by atoms with Crippen LogP contribution < -0.4 is 0 Å². The maximum absolute atomic E-state index is 11.1. The number of benzene rings is 1. The van der Waals surface area contributed by atoms with Gasteiger partial charge in [-0.05, 0) is 11.6 Å². The van der Waals surface area contributed by atoms with E-state index in [1.54, 1.807) is 42.6 Å². The number of pyridine rings is 1. The number of aliphatic hydroxyl groups is 1. The SMILES string of the molecule is C#CC(Cl)(Cl)C(c1ccccc1)C(O)(C#C)c1cccnc1. The number of hydrogen-bond acceptors (Lipinski definition) is 2. The highest BCUT2D eigenvalue weighted by Crippen LogP contribution is 2.48. The molecule has 110 valence electrons. The summed E-state index contributed by atoms with van der Waals surface area (Å²) >= 11 is 12.6. The van der Waals surface area contributed by atoms with Gasteiger partial charge in [0, 0.05) is 18.0 Å². The molecule has 0 aliphatic rings. The van der Waals surface area contributed by atoms with Gasteiger partial charge in [-0.15, -0.1) is 12.8 Å².